The monoisotopic (exact) mass is 338 g/mol. The Bertz CT molecular complexity index is 755. The summed E-state index contributed by atoms with van der Waals surface area (Å²) in [5.74, 6) is -0.347. The van der Waals surface area contributed by atoms with Crippen molar-refractivity contribution in [1.82, 2.24) is 9.88 Å². The molecule has 25 heavy (non-hydrogen) atoms. The van der Waals surface area contributed by atoms with Gasteiger partial charge in [-0.05, 0) is 24.5 Å². The molecule has 0 N–H and O–H groups in total. The minimum atomic E-state index is -0.686. The predicted octanol–water partition coefficient (Wildman–Crippen LogP) is 3.16. The first-order valence-corrected chi connectivity index (χ1v) is 8.73. The summed E-state index contributed by atoms with van der Waals surface area (Å²) in [6.45, 7) is 4.23. The topological polar surface area (TPSA) is 51.7 Å². The van der Waals surface area contributed by atoms with Gasteiger partial charge in [0.25, 0.3) is 0 Å². The van der Waals surface area contributed by atoms with E-state index in [2.05, 4.69) is 40.2 Å². The van der Waals surface area contributed by atoms with E-state index in [9.17, 15) is 4.79 Å². The first-order chi connectivity index (χ1) is 12.2. The van der Waals surface area contributed by atoms with Gasteiger partial charge in [0.05, 0.1) is 0 Å². The molecule has 2 aliphatic heterocycles. The van der Waals surface area contributed by atoms with E-state index in [1.165, 1.54) is 12.5 Å². The van der Waals surface area contributed by atoms with Crippen LogP contribution in [0.15, 0.2) is 48.7 Å². The number of carbonyl (C=O) groups excluding carboxylic acids is 1. The van der Waals surface area contributed by atoms with E-state index >= 15 is 0 Å². The fourth-order valence-corrected chi connectivity index (χ4v) is 3.85. The first-order valence-electron chi connectivity index (χ1n) is 8.73. The number of esters is 1. The third-order valence-corrected chi connectivity index (χ3v) is 5.07. The number of carbonyl (C=O) groups is 1. The highest BCUT2D eigenvalue weighted by Crippen LogP contribution is 2.48. The van der Waals surface area contributed by atoms with Crippen molar-refractivity contribution in [2.45, 2.75) is 38.2 Å². The minimum Gasteiger partial charge on any atom is -0.430 e. The van der Waals surface area contributed by atoms with Gasteiger partial charge < -0.3 is 9.47 Å². The molecule has 0 saturated carbocycles. The van der Waals surface area contributed by atoms with Crippen LogP contribution in [0.3, 0.4) is 0 Å². The van der Waals surface area contributed by atoms with Crippen molar-refractivity contribution in [3.05, 3.63) is 65.5 Å². The SMILES string of the molecule is CC(=O)OC1OC2(CCN(Cc3ccccc3)CC2)c2cccnc21. The maximum absolute atomic E-state index is 11.4. The normalized spacial score (nSPS) is 21.9. The van der Waals surface area contributed by atoms with Gasteiger partial charge in [-0.1, -0.05) is 36.4 Å². The van der Waals surface area contributed by atoms with E-state index in [-0.39, 0.29) is 5.97 Å². The summed E-state index contributed by atoms with van der Waals surface area (Å²) < 4.78 is 11.6. The molecule has 1 spiro atoms. The van der Waals surface area contributed by atoms with E-state index in [1.54, 1.807) is 6.20 Å². The number of nitrogens with zero attached hydrogens (tertiary/aromatic N) is 2. The lowest BCUT2D eigenvalue weighted by atomic mass is 9.85. The fraction of sp³-hybridized carbons (Fsp3) is 0.400. The third kappa shape index (κ3) is 3.17. The zero-order valence-electron chi connectivity index (χ0n) is 14.4. The Morgan fingerprint density at radius 3 is 2.72 bits per heavy atom. The maximum atomic E-state index is 11.4. The molecule has 1 aromatic heterocycles. The van der Waals surface area contributed by atoms with Crippen LogP contribution in [0, 0.1) is 0 Å². The molecule has 1 unspecified atom stereocenters. The minimum absolute atomic E-state index is 0.347. The van der Waals surface area contributed by atoms with E-state index in [0.29, 0.717) is 0 Å². The van der Waals surface area contributed by atoms with Crippen molar-refractivity contribution in [3.63, 3.8) is 0 Å². The molecule has 130 valence electrons. The van der Waals surface area contributed by atoms with Gasteiger partial charge in [0.2, 0.25) is 6.29 Å². The zero-order chi connectivity index (χ0) is 17.3. The van der Waals surface area contributed by atoms with Gasteiger partial charge in [0.15, 0.2) is 0 Å². The molecule has 1 fully saturated rings. The van der Waals surface area contributed by atoms with Crippen LogP contribution < -0.4 is 0 Å². The Hall–Kier alpha value is -2.24. The summed E-state index contributed by atoms with van der Waals surface area (Å²) in [7, 11) is 0. The Labute approximate surface area is 147 Å². The van der Waals surface area contributed by atoms with Crippen LogP contribution >= 0.6 is 0 Å². The largest absolute Gasteiger partial charge is 0.430 e. The van der Waals surface area contributed by atoms with Gasteiger partial charge in [-0.15, -0.1) is 0 Å². The molecular formula is C20H22N2O3. The molecule has 0 radical (unpaired) electrons. The summed E-state index contributed by atoms with van der Waals surface area (Å²) in [6.07, 6.45) is 2.78. The van der Waals surface area contributed by atoms with Crippen LogP contribution in [0.2, 0.25) is 0 Å². The third-order valence-electron chi connectivity index (χ3n) is 5.07. The Morgan fingerprint density at radius 1 is 1.24 bits per heavy atom. The number of hydrogen-bond donors (Lipinski definition) is 0. The van der Waals surface area contributed by atoms with Crippen molar-refractivity contribution >= 4 is 5.97 Å². The number of aromatic nitrogens is 1. The van der Waals surface area contributed by atoms with Gasteiger partial charge >= 0.3 is 5.97 Å². The molecule has 0 amide bonds. The molecule has 5 heteroatoms. The summed E-state index contributed by atoms with van der Waals surface area (Å²) in [4.78, 5) is 18.3. The second kappa shape index (κ2) is 6.58. The van der Waals surface area contributed by atoms with Gasteiger partial charge in [-0.3, -0.25) is 14.7 Å². The fourth-order valence-electron chi connectivity index (χ4n) is 3.85. The summed E-state index contributed by atoms with van der Waals surface area (Å²) in [5.41, 5.74) is 2.75. The van der Waals surface area contributed by atoms with E-state index in [4.69, 9.17) is 9.47 Å². The Morgan fingerprint density at radius 2 is 2.00 bits per heavy atom. The number of likely N-dealkylation sites (tertiary alicyclic amines) is 1. The van der Waals surface area contributed by atoms with Crippen molar-refractivity contribution in [1.29, 1.82) is 0 Å². The summed E-state index contributed by atoms with van der Waals surface area (Å²) in [5, 5.41) is 0. The van der Waals surface area contributed by atoms with Gasteiger partial charge in [0, 0.05) is 38.3 Å². The number of pyridine rings is 1. The van der Waals surface area contributed by atoms with Crippen LogP contribution in [0.5, 0.6) is 0 Å². The second-order valence-electron chi connectivity index (χ2n) is 6.75. The Balaban J connectivity index is 1.49. The maximum Gasteiger partial charge on any atom is 0.305 e. The van der Waals surface area contributed by atoms with E-state index in [1.807, 2.05) is 12.1 Å². The predicted molar refractivity (Wildman–Crippen MR) is 92.5 cm³/mol. The Kier molecular flexibility index (Phi) is 4.27. The molecule has 5 nitrogen and oxygen atoms in total. The van der Waals surface area contributed by atoms with Crippen molar-refractivity contribution in [3.8, 4) is 0 Å². The quantitative estimate of drug-likeness (QED) is 0.805. The zero-order valence-corrected chi connectivity index (χ0v) is 14.4. The van der Waals surface area contributed by atoms with Crippen LogP contribution in [-0.4, -0.2) is 28.9 Å². The number of fused-ring (bicyclic) bond motifs is 2. The lowest BCUT2D eigenvalue weighted by molar-refractivity contribution is -0.214. The lowest BCUT2D eigenvalue weighted by Crippen LogP contribution is -2.42. The molecule has 3 heterocycles. The van der Waals surface area contributed by atoms with Gasteiger partial charge in [-0.25, -0.2) is 0 Å². The molecule has 1 aromatic carbocycles. The number of ether oxygens (including phenoxy) is 2. The number of rotatable bonds is 3. The van der Waals surface area contributed by atoms with E-state index in [0.717, 1.165) is 43.7 Å². The molecule has 1 saturated heterocycles. The van der Waals surface area contributed by atoms with E-state index < -0.39 is 11.9 Å². The average Bonchev–Trinajstić information content (AvgIpc) is 2.91. The molecule has 4 rings (SSSR count). The molecule has 2 aromatic rings. The standard InChI is InChI=1S/C20H22N2O3/c1-15(23)24-19-18-17(8-5-11-21-18)20(25-19)9-12-22(13-10-20)14-16-6-3-2-4-7-16/h2-8,11,19H,9-10,12-14H2,1H3. The summed E-state index contributed by atoms with van der Waals surface area (Å²) in [6, 6.07) is 14.5. The van der Waals surface area contributed by atoms with Crippen molar-refractivity contribution in [2.24, 2.45) is 0 Å². The van der Waals surface area contributed by atoms with Gasteiger partial charge in [-0.2, -0.15) is 0 Å². The first kappa shape index (κ1) is 16.2. The van der Waals surface area contributed by atoms with Crippen LogP contribution in [-0.2, 0) is 26.4 Å². The smallest absolute Gasteiger partial charge is 0.305 e. The highest BCUT2D eigenvalue weighted by Gasteiger charge is 2.48. The highest BCUT2D eigenvalue weighted by molar-refractivity contribution is 5.66. The van der Waals surface area contributed by atoms with Crippen LogP contribution in [0.25, 0.3) is 0 Å². The second-order valence-corrected chi connectivity index (χ2v) is 6.75. The number of piperidine rings is 1. The molecular weight excluding hydrogens is 316 g/mol. The van der Waals surface area contributed by atoms with Crippen LogP contribution in [0.1, 0.15) is 42.9 Å². The number of hydrogen-bond acceptors (Lipinski definition) is 5. The van der Waals surface area contributed by atoms with Crippen molar-refractivity contribution in [2.75, 3.05) is 13.1 Å². The molecule has 0 bridgehead atoms. The van der Waals surface area contributed by atoms with Crippen molar-refractivity contribution < 1.29 is 14.3 Å². The van der Waals surface area contributed by atoms with Crippen LogP contribution in [0.4, 0.5) is 0 Å². The highest BCUT2D eigenvalue weighted by atomic mass is 16.7. The lowest BCUT2D eigenvalue weighted by Gasteiger charge is -2.39. The average molecular weight is 338 g/mol. The van der Waals surface area contributed by atoms with Gasteiger partial charge in [0.1, 0.15) is 11.3 Å². The summed E-state index contributed by atoms with van der Waals surface area (Å²) >= 11 is 0. The number of benzene rings is 1. The molecule has 0 aliphatic carbocycles. The molecule has 1 atom stereocenters. The molecule has 2 aliphatic rings.